The Morgan fingerprint density at radius 3 is 2.29 bits per heavy atom. The van der Waals surface area contributed by atoms with Crippen LogP contribution >= 0.6 is 0 Å². The van der Waals surface area contributed by atoms with Gasteiger partial charge in [-0.15, -0.1) is 0 Å². The molecule has 0 aromatic heterocycles. The Bertz CT molecular complexity index is 449. The lowest BCUT2D eigenvalue weighted by Crippen LogP contribution is -2.52. The first kappa shape index (κ1) is 15.8. The van der Waals surface area contributed by atoms with Gasteiger partial charge in [0.15, 0.2) is 0 Å². The average molecular weight is 297 g/mol. The molecule has 2 amide bonds. The maximum absolute atomic E-state index is 12.4. The van der Waals surface area contributed by atoms with E-state index < -0.39 is 29.5 Å². The summed E-state index contributed by atoms with van der Waals surface area (Å²) >= 11 is 0. The SMILES string of the molecule is COC(=O)C1CC(C2CC2)CN(C(=O)OC(C)(C)C)C1=O. The highest BCUT2D eigenvalue weighted by Gasteiger charge is 2.47. The number of rotatable bonds is 2. The largest absolute Gasteiger partial charge is 0.468 e. The van der Waals surface area contributed by atoms with Crippen LogP contribution in [0.4, 0.5) is 4.79 Å². The number of ether oxygens (including phenoxy) is 2. The molecule has 2 aliphatic rings. The molecule has 2 rings (SSSR count). The van der Waals surface area contributed by atoms with E-state index >= 15 is 0 Å². The number of carbonyl (C=O) groups excluding carboxylic acids is 3. The summed E-state index contributed by atoms with van der Waals surface area (Å²) in [4.78, 5) is 37.4. The number of likely N-dealkylation sites (tertiary alicyclic amines) is 1. The number of amides is 2. The predicted octanol–water partition coefficient (Wildman–Crippen LogP) is 1.97. The van der Waals surface area contributed by atoms with Crippen molar-refractivity contribution in [2.75, 3.05) is 13.7 Å². The molecule has 1 aliphatic heterocycles. The van der Waals surface area contributed by atoms with E-state index in [1.165, 1.54) is 7.11 Å². The first-order valence-corrected chi connectivity index (χ1v) is 7.35. The molecule has 6 heteroatoms. The van der Waals surface area contributed by atoms with E-state index in [9.17, 15) is 14.4 Å². The summed E-state index contributed by atoms with van der Waals surface area (Å²) in [6.45, 7) is 5.58. The van der Waals surface area contributed by atoms with E-state index in [1.54, 1.807) is 20.8 Å². The molecule has 0 N–H and O–H groups in total. The Morgan fingerprint density at radius 2 is 1.81 bits per heavy atom. The van der Waals surface area contributed by atoms with Crippen LogP contribution in [0.25, 0.3) is 0 Å². The van der Waals surface area contributed by atoms with Crippen molar-refractivity contribution in [3.05, 3.63) is 0 Å². The van der Waals surface area contributed by atoms with Crippen molar-refractivity contribution in [1.29, 1.82) is 0 Å². The number of methoxy groups -OCH3 is 1. The van der Waals surface area contributed by atoms with E-state index in [2.05, 4.69) is 0 Å². The van der Waals surface area contributed by atoms with Gasteiger partial charge >= 0.3 is 12.1 Å². The van der Waals surface area contributed by atoms with Gasteiger partial charge in [0.2, 0.25) is 5.91 Å². The Hall–Kier alpha value is -1.59. The van der Waals surface area contributed by atoms with Gasteiger partial charge in [0.25, 0.3) is 0 Å². The van der Waals surface area contributed by atoms with E-state index in [-0.39, 0.29) is 5.92 Å². The normalized spacial score (nSPS) is 26.5. The third-order valence-corrected chi connectivity index (χ3v) is 3.91. The summed E-state index contributed by atoms with van der Waals surface area (Å²) in [5, 5.41) is 0. The van der Waals surface area contributed by atoms with Crippen molar-refractivity contribution < 1.29 is 23.9 Å². The van der Waals surface area contributed by atoms with Crippen LogP contribution in [0, 0.1) is 17.8 Å². The summed E-state index contributed by atoms with van der Waals surface area (Å²) < 4.78 is 9.97. The number of hydrogen-bond donors (Lipinski definition) is 0. The van der Waals surface area contributed by atoms with Crippen LogP contribution in [-0.2, 0) is 19.1 Å². The third-order valence-electron chi connectivity index (χ3n) is 3.91. The molecule has 0 radical (unpaired) electrons. The van der Waals surface area contributed by atoms with Gasteiger partial charge in [-0.25, -0.2) is 9.69 Å². The molecular formula is C15H23NO5. The number of nitrogens with zero attached hydrogens (tertiary/aromatic N) is 1. The van der Waals surface area contributed by atoms with Crippen LogP contribution in [0.1, 0.15) is 40.0 Å². The predicted molar refractivity (Wildman–Crippen MR) is 74.3 cm³/mol. The molecule has 2 fully saturated rings. The minimum absolute atomic E-state index is 0.166. The van der Waals surface area contributed by atoms with Gasteiger partial charge in [0.1, 0.15) is 11.5 Å². The number of imide groups is 1. The summed E-state index contributed by atoms with van der Waals surface area (Å²) in [5.41, 5.74) is -0.676. The van der Waals surface area contributed by atoms with Crippen LogP contribution in [0.3, 0.4) is 0 Å². The van der Waals surface area contributed by atoms with Crippen molar-refractivity contribution in [2.45, 2.75) is 45.6 Å². The zero-order chi connectivity index (χ0) is 15.8. The molecule has 118 valence electrons. The summed E-state index contributed by atoms with van der Waals surface area (Å²) in [6, 6.07) is 0. The highest BCUT2D eigenvalue weighted by molar-refractivity contribution is 6.04. The molecule has 2 unspecified atom stereocenters. The molecule has 6 nitrogen and oxygen atoms in total. The highest BCUT2D eigenvalue weighted by atomic mass is 16.6. The fraction of sp³-hybridized carbons (Fsp3) is 0.800. The topological polar surface area (TPSA) is 72.9 Å². The van der Waals surface area contributed by atoms with Crippen molar-refractivity contribution in [1.82, 2.24) is 4.90 Å². The minimum Gasteiger partial charge on any atom is -0.468 e. The van der Waals surface area contributed by atoms with Gasteiger partial charge in [-0.3, -0.25) is 9.59 Å². The quantitative estimate of drug-likeness (QED) is 0.575. The zero-order valence-corrected chi connectivity index (χ0v) is 13.0. The van der Waals surface area contributed by atoms with Gasteiger partial charge in [-0.05, 0) is 51.9 Å². The van der Waals surface area contributed by atoms with Crippen molar-refractivity contribution in [3.63, 3.8) is 0 Å². The molecule has 2 atom stereocenters. The number of esters is 1. The molecule has 21 heavy (non-hydrogen) atoms. The Balaban J connectivity index is 2.15. The van der Waals surface area contributed by atoms with Gasteiger partial charge in [-0.1, -0.05) is 0 Å². The Kier molecular flexibility index (Phi) is 4.25. The first-order chi connectivity index (χ1) is 9.73. The van der Waals surface area contributed by atoms with Gasteiger partial charge in [-0.2, -0.15) is 0 Å². The third kappa shape index (κ3) is 3.74. The van der Waals surface area contributed by atoms with E-state index in [1.807, 2.05) is 0 Å². The van der Waals surface area contributed by atoms with Gasteiger partial charge in [0.05, 0.1) is 7.11 Å². The van der Waals surface area contributed by atoms with Crippen LogP contribution in [-0.4, -0.2) is 42.1 Å². The van der Waals surface area contributed by atoms with E-state index in [0.717, 1.165) is 17.7 Å². The minimum atomic E-state index is -0.887. The molecule has 1 aliphatic carbocycles. The molecular weight excluding hydrogens is 274 g/mol. The van der Waals surface area contributed by atoms with Crippen molar-refractivity contribution in [2.24, 2.45) is 17.8 Å². The standard InChI is InChI=1S/C15H23NO5/c1-15(2,3)21-14(19)16-8-10(9-5-6-9)7-11(12(16)17)13(18)20-4/h9-11H,5-8H2,1-4H3. The van der Waals surface area contributed by atoms with E-state index in [0.29, 0.717) is 18.9 Å². The Morgan fingerprint density at radius 1 is 1.19 bits per heavy atom. The molecule has 1 heterocycles. The molecule has 0 aromatic carbocycles. The molecule has 1 saturated heterocycles. The lowest BCUT2D eigenvalue weighted by atomic mass is 9.85. The number of hydrogen-bond acceptors (Lipinski definition) is 5. The van der Waals surface area contributed by atoms with E-state index in [4.69, 9.17) is 9.47 Å². The van der Waals surface area contributed by atoms with Crippen molar-refractivity contribution in [3.8, 4) is 0 Å². The zero-order valence-electron chi connectivity index (χ0n) is 13.0. The number of piperidine rings is 1. The molecule has 1 saturated carbocycles. The van der Waals surface area contributed by atoms with Crippen LogP contribution in [0.5, 0.6) is 0 Å². The van der Waals surface area contributed by atoms with Crippen LogP contribution in [0.15, 0.2) is 0 Å². The lowest BCUT2D eigenvalue weighted by molar-refractivity contribution is -0.157. The monoisotopic (exact) mass is 297 g/mol. The summed E-state index contributed by atoms with van der Waals surface area (Å²) in [7, 11) is 1.26. The lowest BCUT2D eigenvalue weighted by Gasteiger charge is -2.35. The van der Waals surface area contributed by atoms with Gasteiger partial charge in [0, 0.05) is 6.54 Å². The fourth-order valence-electron chi connectivity index (χ4n) is 2.72. The summed E-state index contributed by atoms with van der Waals surface area (Å²) in [5.74, 6) is -1.30. The second kappa shape index (κ2) is 5.66. The fourth-order valence-corrected chi connectivity index (χ4v) is 2.72. The molecule has 0 aromatic rings. The second-order valence-corrected chi connectivity index (χ2v) is 6.84. The van der Waals surface area contributed by atoms with Gasteiger partial charge < -0.3 is 9.47 Å². The second-order valence-electron chi connectivity index (χ2n) is 6.84. The maximum atomic E-state index is 12.4. The smallest absolute Gasteiger partial charge is 0.417 e. The Labute approximate surface area is 124 Å². The molecule has 0 bridgehead atoms. The first-order valence-electron chi connectivity index (χ1n) is 7.35. The molecule has 0 spiro atoms. The van der Waals surface area contributed by atoms with Crippen LogP contribution < -0.4 is 0 Å². The summed E-state index contributed by atoms with van der Waals surface area (Å²) in [6.07, 6.45) is 1.98. The van der Waals surface area contributed by atoms with Crippen LogP contribution in [0.2, 0.25) is 0 Å². The highest BCUT2D eigenvalue weighted by Crippen LogP contribution is 2.42. The average Bonchev–Trinajstić information content (AvgIpc) is 3.20. The maximum Gasteiger partial charge on any atom is 0.417 e. The van der Waals surface area contributed by atoms with Crippen molar-refractivity contribution >= 4 is 18.0 Å². The number of carbonyl (C=O) groups is 3.